The summed E-state index contributed by atoms with van der Waals surface area (Å²) in [5.74, 6) is -0.850. The number of hydrogen-bond donors (Lipinski definition) is 1. The van der Waals surface area contributed by atoms with Crippen molar-refractivity contribution >= 4 is 11.8 Å². The zero-order chi connectivity index (χ0) is 19.3. The van der Waals surface area contributed by atoms with Crippen molar-refractivity contribution in [2.24, 2.45) is 0 Å². The number of carbonyl (C=O) groups excluding carboxylic acids is 2. The summed E-state index contributed by atoms with van der Waals surface area (Å²) in [6, 6.07) is 9.98. The van der Waals surface area contributed by atoms with Gasteiger partial charge in [0, 0.05) is 19.1 Å². The summed E-state index contributed by atoms with van der Waals surface area (Å²) >= 11 is 0. The number of nitrogens with zero attached hydrogens (tertiary/aromatic N) is 1. The fourth-order valence-electron chi connectivity index (χ4n) is 3.83. The third-order valence-electron chi connectivity index (χ3n) is 5.52. The fourth-order valence-corrected chi connectivity index (χ4v) is 3.83. The molecule has 1 aliphatic carbocycles. The normalized spacial score (nSPS) is 17.4. The number of rotatable bonds is 4. The van der Waals surface area contributed by atoms with E-state index in [1.165, 1.54) is 44.9 Å². The van der Waals surface area contributed by atoms with Crippen LogP contribution in [-0.4, -0.2) is 29.3 Å². The number of likely N-dealkylation sites (N-methyl/N-ethyl adjacent to an activating group) is 1. The highest BCUT2D eigenvalue weighted by atomic mass is 16.2. The summed E-state index contributed by atoms with van der Waals surface area (Å²) in [7, 11) is 0. The molecule has 150 valence electrons. The molecule has 4 nitrogen and oxygen atoms in total. The lowest BCUT2D eigenvalue weighted by Crippen LogP contribution is -2.46. The maximum atomic E-state index is 12.6. The summed E-state index contributed by atoms with van der Waals surface area (Å²) in [5, 5.41) is 3.04. The van der Waals surface area contributed by atoms with E-state index in [9.17, 15) is 9.59 Å². The maximum absolute atomic E-state index is 12.6. The second kappa shape index (κ2) is 12.5. The van der Waals surface area contributed by atoms with Gasteiger partial charge in [-0.2, -0.15) is 0 Å². The van der Waals surface area contributed by atoms with Gasteiger partial charge in [0.2, 0.25) is 0 Å². The van der Waals surface area contributed by atoms with Crippen molar-refractivity contribution in [3.63, 3.8) is 0 Å². The lowest BCUT2D eigenvalue weighted by molar-refractivity contribution is -0.146. The Labute approximate surface area is 164 Å². The Morgan fingerprint density at radius 1 is 0.889 bits per heavy atom. The molecule has 27 heavy (non-hydrogen) atoms. The van der Waals surface area contributed by atoms with Crippen molar-refractivity contribution in [3.05, 3.63) is 35.9 Å². The standard InChI is InChI=1S/C23H36N2O2/c1-2-25(19-20-15-11-10-12-16-20)23(27)22(26)24-21-17-13-8-6-4-3-5-7-9-14-18-21/h10-12,15-16,21H,2-9,13-14,17-19H2,1H3,(H,24,26). The molecule has 0 aromatic heterocycles. The molecule has 1 saturated carbocycles. The minimum atomic E-state index is -0.440. The smallest absolute Gasteiger partial charge is 0.312 e. The van der Waals surface area contributed by atoms with Gasteiger partial charge in [-0.1, -0.05) is 88.1 Å². The van der Waals surface area contributed by atoms with Crippen molar-refractivity contribution in [2.45, 2.75) is 90.1 Å². The van der Waals surface area contributed by atoms with E-state index in [-0.39, 0.29) is 6.04 Å². The van der Waals surface area contributed by atoms with Crippen LogP contribution in [0.5, 0.6) is 0 Å². The number of hydrogen-bond acceptors (Lipinski definition) is 2. The SMILES string of the molecule is CCN(Cc1ccccc1)C(=O)C(=O)NC1CCCCCCCCCCC1. The zero-order valence-corrected chi connectivity index (χ0v) is 16.9. The Hall–Kier alpha value is -1.84. The molecule has 1 aromatic rings. The fraction of sp³-hybridized carbons (Fsp3) is 0.652. The van der Waals surface area contributed by atoms with Gasteiger partial charge < -0.3 is 10.2 Å². The second-order valence-electron chi connectivity index (χ2n) is 7.73. The molecule has 0 aliphatic heterocycles. The first-order valence-corrected chi connectivity index (χ1v) is 10.8. The summed E-state index contributed by atoms with van der Waals surface area (Å²) in [6.07, 6.45) is 13.3. The van der Waals surface area contributed by atoms with Crippen molar-refractivity contribution in [3.8, 4) is 0 Å². The molecule has 2 amide bonds. The van der Waals surface area contributed by atoms with Crippen LogP contribution in [0.4, 0.5) is 0 Å². The highest BCUT2D eigenvalue weighted by Gasteiger charge is 2.23. The second-order valence-corrected chi connectivity index (χ2v) is 7.73. The molecule has 0 radical (unpaired) electrons. The highest BCUT2D eigenvalue weighted by molar-refractivity contribution is 6.35. The van der Waals surface area contributed by atoms with Gasteiger partial charge in [0.05, 0.1) is 0 Å². The number of nitrogens with one attached hydrogen (secondary N) is 1. The third-order valence-corrected chi connectivity index (χ3v) is 5.52. The Morgan fingerprint density at radius 3 is 1.93 bits per heavy atom. The summed E-state index contributed by atoms with van der Waals surface area (Å²) in [6.45, 7) is 2.93. The van der Waals surface area contributed by atoms with Gasteiger partial charge in [-0.15, -0.1) is 0 Å². The van der Waals surface area contributed by atoms with Crippen molar-refractivity contribution in [1.82, 2.24) is 10.2 Å². The summed E-state index contributed by atoms with van der Waals surface area (Å²) < 4.78 is 0. The molecule has 1 aliphatic rings. The summed E-state index contributed by atoms with van der Waals surface area (Å²) in [5.41, 5.74) is 1.05. The largest absolute Gasteiger partial charge is 0.345 e. The predicted molar refractivity (Wildman–Crippen MR) is 110 cm³/mol. The van der Waals surface area contributed by atoms with Crippen LogP contribution in [0.2, 0.25) is 0 Å². The van der Waals surface area contributed by atoms with Gasteiger partial charge >= 0.3 is 11.8 Å². The molecule has 0 bridgehead atoms. The van der Waals surface area contributed by atoms with Gasteiger partial charge in [0.25, 0.3) is 0 Å². The quantitative estimate of drug-likeness (QED) is 0.770. The first-order chi connectivity index (χ1) is 13.2. The van der Waals surface area contributed by atoms with Crippen molar-refractivity contribution in [1.29, 1.82) is 0 Å². The Kier molecular flexibility index (Phi) is 9.96. The Balaban J connectivity index is 1.87. The van der Waals surface area contributed by atoms with Crippen LogP contribution < -0.4 is 5.32 Å². The molecule has 4 heteroatoms. The minimum absolute atomic E-state index is 0.135. The van der Waals surface area contributed by atoms with E-state index in [4.69, 9.17) is 0 Å². The number of benzene rings is 1. The van der Waals surface area contributed by atoms with Crippen LogP contribution in [-0.2, 0) is 16.1 Å². The first kappa shape index (κ1) is 21.5. The topological polar surface area (TPSA) is 49.4 Å². The van der Waals surface area contributed by atoms with Crippen molar-refractivity contribution in [2.75, 3.05) is 6.54 Å². The average Bonchev–Trinajstić information content (AvgIpc) is 2.68. The van der Waals surface area contributed by atoms with Gasteiger partial charge in [0.1, 0.15) is 0 Å². The van der Waals surface area contributed by atoms with E-state index in [1.54, 1.807) is 4.90 Å². The Bertz CT molecular complexity index is 547. The highest BCUT2D eigenvalue weighted by Crippen LogP contribution is 2.17. The molecular weight excluding hydrogens is 336 g/mol. The van der Waals surface area contributed by atoms with E-state index in [2.05, 4.69) is 5.32 Å². The monoisotopic (exact) mass is 372 g/mol. The van der Waals surface area contributed by atoms with Gasteiger partial charge in [0.15, 0.2) is 0 Å². The maximum Gasteiger partial charge on any atom is 0.312 e. The van der Waals surface area contributed by atoms with Crippen LogP contribution in [0, 0.1) is 0 Å². The zero-order valence-electron chi connectivity index (χ0n) is 16.9. The number of carbonyl (C=O) groups is 2. The lowest BCUT2D eigenvalue weighted by Gasteiger charge is -2.23. The van der Waals surface area contributed by atoms with E-state index < -0.39 is 11.8 Å². The molecular formula is C23H36N2O2. The van der Waals surface area contributed by atoms with Crippen LogP contribution >= 0.6 is 0 Å². The van der Waals surface area contributed by atoms with Crippen LogP contribution in [0.3, 0.4) is 0 Å². The van der Waals surface area contributed by atoms with Crippen LogP contribution in [0.25, 0.3) is 0 Å². The molecule has 2 rings (SSSR count). The summed E-state index contributed by atoms with van der Waals surface area (Å²) in [4.78, 5) is 26.8. The van der Waals surface area contributed by atoms with Gasteiger partial charge in [-0.3, -0.25) is 9.59 Å². The van der Waals surface area contributed by atoms with E-state index in [1.807, 2.05) is 37.3 Å². The van der Waals surface area contributed by atoms with E-state index in [0.29, 0.717) is 13.1 Å². The van der Waals surface area contributed by atoms with Gasteiger partial charge in [-0.25, -0.2) is 0 Å². The molecule has 0 heterocycles. The Morgan fingerprint density at radius 2 is 1.41 bits per heavy atom. The van der Waals surface area contributed by atoms with E-state index in [0.717, 1.165) is 31.2 Å². The number of amides is 2. The van der Waals surface area contributed by atoms with Gasteiger partial charge in [-0.05, 0) is 25.3 Å². The lowest BCUT2D eigenvalue weighted by atomic mass is 9.98. The average molecular weight is 373 g/mol. The minimum Gasteiger partial charge on any atom is -0.345 e. The predicted octanol–water partition coefficient (Wildman–Crippen LogP) is 4.82. The molecule has 0 unspecified atom stereocenters. The van der Waals surface area contributed by atoms with Crippen molar-refractivity contribution < 1.29 is 9.59 Å². The molecule has 1 fully saturated rings. The van der Waals surface area contributed by atoms with E-state index >= 15 is 0 Å². The molecule has 0 spiro atoms. The van der Waals surface area contributed by atoms with Crippen LogP contribution in [0.1, 0.15) is 83.1 Å². The molecule has 1 N–H and O–H groups in total. The third kappa shape index (κ3) is 8.15. The molecule has 1 aromatic carbocycles. The molecule has 0 atom stereocenters. The molecule has 0 saturated heterocycles. The first-order valence-electron chi connectivity index (χ1n) is 10.8. The van der Waals surface area contributed by atoms with Crippen LogP contribution in [0.15, 0.2) is 30.3 Å².